The van der Waals surface area contributed by atoms with Gasteiger partial charge in [0.15, 0.2) is 0 Å². The molecule has 3 aromatic rings. The van der Waals surface area contributed by atoms with Crippen molar-refractivity contribution in [1.82, 2.24) is 19.8 Å². The summed E-state index contributed by atoms with van der Waals surface area (Å²) < 4.78 is 20.8. The zero-order chi connectivity index (χ0) is 31.0. The van der Waals surface area contributed by atoms with Gasteiger partial charge in [0.05, 0.1) is 17.3 Å². The van der Waals surface area contributed by atoms with Crippen LogP contribution in [0.4, 0.5) is 15.9 Å². The SMILES string of the molecule is CN1CCCC1COc1nc2c(c(N(C)C3CCN(C(=O)/C=C/C(=O)O)C3)n1)CCN(c1cccc3ccc(F)c(Cl)c13)C2. The molecule has 2 saturated heterocycles. The van der Waals surface area contributed by atoms with Gasteiger partial charge in [-0.3, -0.25) is 4.79 Å². The smallest absolute Gasteiger partial charge is 0.328 e. The first kappa shape index (κ1) is 30.1. The predicted octanol–water partition coefficient (Wildman–Crippen LogP) is 4.14. The second-order valence-corrected chi connectivity index (χ2v) is 12.1. The van der Waals surface area contributed by atoms with E-state index in [9.17, 15) is 14.0 Å². The quantitative estimate of drug-likeness (QED) is 0.372. The highest BCUT2D eigenvalue weighted by atomic mass is 35.5. The third kappa shape index (κ3) is 6.03. The van der Waals surface area contributed by atoms with Gasteiger partial charge >= 0.3 is 12.0 Å². The number of likely N-dealkylation sites (tertiary alicyclic amines) is 2. The molecule has 12 heteroatoms. The van der Waals surface area contributed by atoms with Gasteiger partial charge in [-0.25, -0.2) is 9.18 Å². The molecule has 0 spiro atoms. The number of benzene rings is 2. The minimum absolute atomic E-state index is 0.0112. The molecule has 2 fully saturated rings. The molecule has 1 aromatic heterocycles. The third-order valence-electron chi connectivity index (χ3n) is 9.08. The first-order chi connectivity index (χ1) is 21.2. The number of nitrogens with zero attached hydrogens (tertiary/aromatic N) is 6. The van der Waals surface area contributed by atoms with Crippen molar-refractivity contribution in [2.24, 2.45) is 0 Å². The Balaban J connectivity index is 1.30. The molecule has 2 aromatic carbocycles. The minimum Gasteiger partial charge on any atom is -0.478 e. The number of ether oxygens (including phenoxy) is 1. The molecule has 6 rings (SSSR count). The van der Waals surface area contributed by atoms with Crippen molar-refractivity contribution in [1.29, 1.82) is 0 Å². The monoisotopic (exact) mass is 622 g/mol. The number of anilines is 2. The molecule has 1 amide bonds. The molecule has 4 heterocycles. The summed E-state index contributed by atoms with van der Waals surface area (Å²) >= 11 is 6.48. The predicted molar refractivity (Wildman–Crippen MR) is 167 cm³/mol. The van der Waals surface area contributed by atoms with Crippen LogP contribution in [0.15, 0.2) is 42.5 Å². The Hall–Kier alpha value is -3.96. The summed E-state index contributed by atoms with van der Waals surface area (Å²) in [5.41, 5.74) is 2.70. The van der Waals surface area contributed by atoms with Gasteiger partial charge in [0, 0.05) is 67.6 Å². The fourth-order valence-corrected chi connectivity index (χ4v) is 6.81. The summed E-state index contributed by atoms with van der Waals surface area (Å²) in [7, 11) is 4.07. The Labute approximate surface area is 260 Å². The number of fused-ring (bicyclic) bond motifs is 2. The first-order valence-corrected chi connectivity index (χ1v) is 15.3. The second kappa shape index (κ2) is 12.6. The van der Waals surface area contributed by atoms with Crippen LogP contribution in [0.25, 0.3) is 10.8 Å². The maximum absolute atomic E-state index is 14.5. The largest absolute Gasteiger partial charge is 0.478 e. The van der Waals surface area contributed by atoms with Crippen molar-refractivity contribution in [3.8, 4) is 6.01 Å². The highest BCUT2D eigenvalue weighted by Crippen LogP contribution is 2.38. The van der Waals surface area contributed by atoms with Crippen LogP contribution >= 0.6 is 11.6 Å². The van der Waals surface area contributed by atoms with E-state index >= 15 is 0 Å². The van der Waals surface area contributed by atoms with Gasteiger partial charge < -0.3 is 29.4 Å². The number of amides is 1. The van der Waals surface area contributed by atoms with Crippen molar-refractivity contribution in [3.63, 3.8) is 0 Å². The molecule has 3 aliphatic rings. The number of aliphatic carboxylic acids is 1. The summed E-state index contributed by atoms with van der Waals surface area (Å²) in [6.45, 7) is 3.63. The number of carboxylic acids is 1. The lowest BCUT2D eigenvalue weighted by Gasteiger charge is -2.35. The fraction of sp³-hybridized carbons (Fsp3) is 0.438. The fourth-order valence-electron chi connectivity index (χ4n) is 6.54. The van der Waals surface area contributed by atoms with Crippen LogP contribution in [0.2, 0.25) is 5.02 Å². The van der Waals surface area contributed by atoms with E-state index < -0.39 is 11.8 Å². The highest BCUT2D eigenvalue weighted by Gasteiger charge is 2.33. The number of hydrogen-bond donors (Lipinski definition) is 1. The van der Waals surface area contributed by atoms with Crippen molar-refractivity contribution in [2.45, 2.75) is 44.3 Å². The third-order valence-corrected chi connectivity index (χ3v) is 9.45. The highest BCUT2D eigenvalue weighted by molar-refractivity contribution is 6.36. The zero-order valence-corrected chi connectivity index (χ0v) is 25.6. The number of likely N-dealkylation sites (N-methyl/N-ethyl adjacent to an activating group) is 2. The Kier molecular flexibility index (Phi) is 8.59. The van der Waals surface area contributed by atoms with Crippen LogP contribution in [0.5, 0.6) is 6.01 Å². The Morgan fingerprint density at radius 3 is 2.77 bits per heavy atom. The van der Waals surface area contributed by atoms with E-state index in [4.69, 9.17) is 31.4 Å². The average Bonchev–Trinajstić information content (AvgIpc) is 3.68. The molecular formula is C32H36ClFN6O4. The molecule has 2 unspecified atom stereocenters. The van der Waals surface area contributed by atoms with Gasteiger partial charge in [0.2, 0.25) is 5.91 Å². The Morgan fingerprint density at radius 1 is 1.16 bits per heavy atom. The molecule has 3 aliphatic heterocycles. The maximum atomic E-state index is 14.5. The van der Waals surface area contributed by atoms with E-state index in [0.717, 1.165) is 66.1 Å². The lowest BCUT2D eigenvalue weighted by atomic mass is 10.0. The van der Waals surface area contributed by atoms with Crippen molar-refractivity contribution in [2.75, 3.05) is 56.7 Å². The van der Waals surface area contributed by atoms with E-state index in [1.165, 1.54) is 6.07 Å². The van der Waals surface area contributed by atoms with E-state index in [2.05, 4.69) is 21.7 Å². The van der Waals surface area contributed by atoms with Crippen LogP contribution in [0.1, 0.15) is 30.5 Å². The Morgan fingerprint density at radius 2 is 2.00 bits per heavy atom. The maximum Gasteiger partial charge on any atom is 0.328 e. The van der Waals surface area contributed by atoms with Gasteiger partial charge in [-0.15, -0.1) is 0 Å². The van der Waals surface area contributed by atoms with E-state index in [1.54, 1.807) is 11.0 Å². The number of hydrogen-bond acceptors (Lipinski definition) is 8. The van der Waals surface area contributed by atoms with Gasteiger partial charge in [0.1, 0.15) is 18.2 Å². The van der Waals surface area contributed by atoms with Crippen molar-refractivity contribution >= 4 is 45.8 Å². The molecule has 0 saturated carbocycles. The number of halogens is 2. The first-order valence-electron chi connectivity index (χ1n) is 15.0. The van der Waals surface area contributed by atoms with Gasteiger partial charge in [-0.1, -0.05) is 29.8 Å². The van der Waals surface area contributed by atoms with Crippen LogP contribution in [-0.4, -0.2) is 95.7 Å². The number of carbonyl (C=O) groups is 2. The summed E-state index contributed by atoms with van der Waals surface area (Å²) in [6.07, 6.45) is 5.53. The van der Waals surface area contributed by atoms with E-state index in [1.807, 2.05) is 25.2 Å². The average molecular weight is 623 g/mol. The normalized spacial score (nSPS) is 20.5. The summed E-state index contributed by atoms with van der Waals surface area (Å²) in [5, 5.41) is 10.6. The molecular weight excluding hydrogens is 587 g/mol. The lowest BCUT2D eigenvalue weighted by Crippen LogP contribution is -2.39. The van der Waals surface area contributed by atoms with E-state index in [0.29, 0.717) is 56.6 Å². The molecule has 1 N–H and O–H groups in total. The minimum atomic E-state index is -1.15. The summed E-state index contributed by atoms with van der Waals surface area (Å²) in [6, 6.07) is 9.57. The van der Waals surface area contributed by atoms with Crippen molar-refractivity contribution < 1.29 is 23.8 Å². The van der Waals surface area contributed by atoms with Crippen LogP contribution in [0, 0.1) is 5.82 Å². The second-order valence-electron chi connectivity index (χ2n) is 11.8. The topological polar surface area (TPSA) is 102 Å². The van der Waals surface area contributed by atoms with Crippen molar-refractivity contribution in [3.05, 3.63) is 64.6 Å². The standard InChI is InChI=1S/C32H36ClFN6O4/c1-37-14-4-6-22(37)19-44-32-35-25-18-39(26-7-3-5-20-8-9-24(34)30(33)29(20)26)16-13-23(25)31(36-32)38(2)21-12-15-40(17-21)27(41)10-11-28(42)43/h3,5,7-11,21-22H,4,6,12-19H2,1-2H3,(H,42,43)/b11-10+. The molecule has 44 heavy (non-hydrogen) atoms. The summed E-state index contributed by atoms with van der Waals surface area (Å²) in [5.74, 6) is -1.16. The molecule has 10 nitrogen and oxygen atoms in total. The Bertz CT molecular complexity index is 1620. The molecule has 2 atom stereocenters. The van der Waals surface area contributed by atoms with Gasteiger partial charge in [-0.2, -0.15) is 9.97 Å². The molecule has 232 valence electrons. The van der Waals surface area contributed by atoms with Crippen LogP contribution in [0.3, 0.4) is 0 Å². The lowest BCUT2D eigenvalue weighted by molar-refractivity contribution is -0.132. The molecule has 0 radical (unpaired) electrons. The number of carboxylic acid groups (broad SMARTS) is 1. The molecule has 0 aliphatic carbocycles. The number of aromatic nitrogens is 2. The number of carbonyl (C=O) groups excluding carboxylic acids is 1. The van der Waals surface area contributed by atoms with Crippen LogP contribution < -0.4 is 14.5 Å². The van der Waals surface area contributed by atoms with E-state index in [-0.39, 0.29) is 17.0 Å². The van der Waals surface area contributed by atoms with Gasteiger partial charge in [-0.05, 0) is 56.8 Å². The zero-order valence-electron chi connectivity index (χ0n) is 24.9. The molecule has 0 bridgehead atoms. The van der Waals surface area contributed by atoms with Crippen LogP contribution in [-0.2, 0) is 22.6 Å². The number of rotatable bonds is 8. The summed E-state index contributed by atoms with van der Waals surface area (Å²) in [4.78, 5) is 41.5. The van der Waals surface area contributed by atoms with Gasteiger partial charge in [0.25, 0.3) is 0 Å².